The molecule has 0 spiro atoms. The summed E-state index contributed by atoms with van der Waals surface area (Å²) in [6.45, 7) is 5.52. The molecule has 0 aromatic carbocycles. The van der Waals surface area contributed by atoms with Gasteiger partial charge in [0.2, 0.25) is 0 Å². The van der Waals surface area contributed by atoms with Crippen LogP contribution < -0.4 is 5.32 Å². The van der Waals surface area contributed by atoms with Gasteiger partial charge < -0.3 is 10.1 Å². The molecule has 1 aromatic heterocycles. The van der Waals surface area contributed by atoms with Gasteiger partial charge in [-0.2, -0.15) is 0 Å². The van der Waals surface area contributed by atoms with Crippen molar-refractivity contribution < 1.29 is 4.74 Å². The molecule has 1 unspecified atom stereocenters. The number of aromatic nitrogens is 1. The van der Waals surface area contributed by atoms with Gasteiger partial charge in [0.25, 0.3) is 0 Å². The third kappa shape index (κ3) is 3.31. The van der Waals surface area contributed by atoms with E-state index in [-0.39, 0.29) is 6.10 Å². The first-order valence-corrected chi connectivity index (χ1v) is 6.24. The van der Waals surface area contributed by atoms with Crippen LogP contribution in [0.2, 0.25) is 5.02 Å². The van der Waals surface area contributed by atoms with Crippen LogP contribution in [-0.2, 0) is 11.3 Å². The lowest BCUT2D eigenvalue weighted by Crippen LogP contribution is -2.40. The van der Waals surface area contributed by atoms with Crippen LogP contribution in [-0.4, -0.2) is 42.7 Å². The van der Waals surface area contributed by atoms with Crippen molar-refractivity contribution in [3.05, 3.63) is 22.8 Å². The van der Waals surface area contributed by atoms with Crippen molar-refractivity contribution in [1.29, 1.82) is 0 Å². The Morgan fingerprint density at radius 3 is 3.12 bits per heavy atom. The highest BCUT2D eigenvalue weighted by atomic mass is 35.5. The zero-order valence-electron chi connectivity index (χ0n) is 10.2. The molecule has 1 aliphatic heterocycles. The lowest BCUT2D eigenvalue weighted by molar-refractivity contribution is -0.0215. The molecular formula is C12H18ClN3O. The molecule has 2 rings (SSSR count). The summed E-state index contributed by atoms with van der Waals surface area (Å²) in [6, 6.07) is 3.77. The van der Waals surface area contributed by atoms with E-state index in [1.54, 1.807) is 0 Å². The van der Waals surface area contributed by atoms with Crippen LogP contribution in [0.3, 0.4) is 0 Å². The molecule has 94 valence electrons. The second-order valence-corrected chi connectivity index (χ2v) is 4.70. The number of hydrogen-bond acceptors (Lipinski definition) is 4. The second kappa shape index (κ2) is 5.67. The summed E-state index contributed by atoms with van der Waals surface area (Å²) in [5, 5.41) is 3.75. The van der Waals surface area contributed by atoms with Crippen molar-refractivity contribution in [3.63, 3.8) is 0 Å². The van der Waals surface area contributed by atoms with Crippen molar-refractivity contribution in [3.8, 4) is 0 Å². The average molecular weight is 256 g/mol. The SMILES string of the molecule is CNc1ccc(Cl)c(CN2CCOC(C)C2)n1. The summed E-state index contributed by atoms with van der Waals surface area (Å²) in [4.78, 5) is 6.81. The van der Waals surface area contributed by atoms with Gasteiger partial charge in [0.05, 0.1) is 23.4 Å². The first-order chi connectivity index (χ1) is 8.19. The normalized spacial score (nSPS) is 21.5. The summed E-state index contributed by atoms with van der Waals surface area (Å²) in [5.41, 5.74) is 0.924. The molecular weight excluding hydrogens is 238 g/mol. The van der Waals surface area contributed by atoms with Gasteiger partial charge >= 0.3 is 0 Å². The third-order valence-electron chi connectivity index (χ3n) is 2.87. The van der Waals surface area contributed by atoms with E-state index in [1.807, 2.05) is 19.2 Å². The Bertz CT molecular complexity index is 386. The predicted molar refractivity (Wildman–Crippen MR) is 69.5 cm³/mol. The Kier molecular flexibility index (Phi) is 4.20. The fourth-order valence-corrected chi connectivity index (χ4v) is 2.15. The Labute approximate surface area is 107 Å². The largest absolute Gasteiger partial charge is 0.376 e. The van der Waals surface area contributed by atoms with Gasteiger partial charge in [-0.05, 0) is 19.1 Å². The zero-order valence-corrected chi connectivity index (χ0v) is 11.0. The molecule has 0 aliphatic carbocycles. The van der Waals surface area contributed by atoms with Crippen LogP contribution in [0.4, 0.5) is 5.82 Å². The molecule has 1 N–H and O–H groups in total. The molecule has 1 atom stereocenters. The number of hydrogen-bond donors (Lipinski definition) is 1. The summed E-state index contributed by atoms with van der Waals surface area (Å²) >= 11 is 6.16. The van der Waals surface area contributed by atoms with Gasteiger partial charge in [0.1, 0.15) is 5.82 Å². The average Bonchev–Trinajstić information content (AvgIpc) is 2.32. The van der Waals surface area contributed by atoms with E-state index in [2.05, 4.69) is 22.1 Å². The number of nitrogens with one attached hydrogen (secondary N) is 1. The van der Waals surface area contributed by atoms with Gasteiger partial charge in [-0.3, -0.25) is 4.90 Å². The van der Waals surface area contributed by atoms with Crippen LogP contribution in [0.1, 0.15) is 12.6 Å². The summed E-state index contributed by atoms with van der Waals surface area (Å²) < 4.78 is 5.51. The lowest BCUT2D eigenvalue weighted by Gasteiger charge is -2.30. The maximum absolute atomic E-state index is 6.16. The van der Waals surface area contributed by atoms with Gasteiger partial charge in [-0.15, -0.1) is 0 Å². The summed E-state index contributed by atoms with van der Waals surface area (Å²) in [7, 11) is 1.86. The number of morpholine rings is 1. The Morgan fingerprint density at radius 1 is 1.59 bits per heavy atom. The van der Waals surface area contributed by atoms with Crippen LogP contribution in [0.5, 0.6) is 0 Å². The molecule has 1 aromatic rings. The fourth-order valence-electron chi connectivity index (χ4n) is 1.98. The Morgan fingerprint density at radius 2 is 2.41 bits per heavy atom. The van der Waals surface area contributed by atoms with Gasteiger partial charge in [0, 0.05) is 26.7 Å². The van der Waals surface area contributed by atoms with E-state index in [0.717, 1.165) is 42.8 Å². The first kappa shape index (κ1) is 12.6. The number of ether oxygens (including phenoxy) is 1. The third-order valence-corrected chi connectivity index (χ3v) is 3.22. The topological polar surface area (TPSA) is 37.4 Å². The first-order valence-electron chi connectivity index (χ1n) is 5.86. The lowest BCUT2D eigenvalue weighted by atomic mass is 10.2. The van der Waals surface area contributed by atoms with Gasteiger partial charge in [0.15, 0.2) is 0 Å². The van der Waals surface area contributed by atoms with Crippen molar-refractivity contribution >= 4 is 17.4 Å². The maximum atomic E-state index is 6.16. The second-order valence-electron chi connectivity index (χ2n) is 4.29. The van der Waals surface area contributed by atoms with Crippen LogP contribution in [0, 0.1) is 0 Å². The minimum absolute atomic E-state index is 0.287. The minimum atomic E-state index is 0.287. The van der Waals surface area contributed by atoms with Crippen molar-refractivity contribution in [2.75, 3.05) is 32.1 Å². The van der Waals surface area contributed by atoms with Crippen LogP contribution in [0.25, 0.3) is 0 Å². The molecule has 0 bridgehead atoms. The smallest absolute Gasteiger partial charge is 0.126 e. The Balaban J connectivity index is 2.06. The standard InChI is InChI=1S/C12H18ClN3O/c1-9-7-16(5-6-17-9)8-11-10(13)3-4-12(14-2)15-11/h3-4,9H,5-8H2,1-2H3,(H,14,15). The zero-order chi connectivity index (χ0) is 12.3. The van der Waals surface area contributed by atoms with E-state index in [1.165, 1.54) is 0 Å². The van der Waals surface area contributed by atoms with Gasteiger partial charge in [-0.25, -0.2) is 4.98 Å². The number of nitrogens with zero attached hydrogens (tertiary/aromatic N) is 2. The van der Waals surface area contributed by atoms with Crippen LogP contribution >= 0.6 is 11.6 Å². The van der Waals surface area contributed by atoms with E-state index in [4.69, 9.17) is 16.3 Å². The molecule has 0 saturated carbocycles. The predicted octanol–water partition coefficient (Wildman–Crippen LogP) is 2.00. The molecule has 4 nitrogen and oxygen atoms in total. The highest BCUT2D eigenvalue weighted by molar-refractivity contribution is 6.31. The molecule has 0 radical (unpaired) electrons. The maximum Gasteiger partial charge on any atom is 0.126 e. The minimum Gasteiger partial charge on any atom is -0.376 e. The molecule has 1 saturated heterocycles. The molecule has 0 amide bonds. The monoisotopic (exact) mass is 255 g/mol. The highest BCUT2D eigenvalue weighted by Crippen LogP contribution is 2.19. The molecule has 1 fully saturated rings. The summed E-state index contributed by atoms with van der Waals surface area (Å²) in [6.07, 6.45) is 0.287. The van der Waals surface area contributed by atoms with Crippen molar-refractivity contribution in [1.82, 2.24) is 9.88 Å². The van der Waals surface area contributed by atoms with E-state index < -0.39 is 0 Å². The van der Waals surface area contributed by atoms with Crippen molar-refractivity contribution in [2.45, 2.75) is 19.6 Å². The number of pyridine rings is 1. The number of rotatable bonds is 3. The highest BCUT2D eigenvalue weighted by Gasteiger charge is 2.18. The van der Waals surface area contributed by atoms with Gasteiger partial charge in [-0.1, -0.05) is 11.6 Å². The van der Waals surface area contributed by atoms with E-state index >= 15 is 0 Å². The molecule has 17 heavy (non-hydrogen) atoms. The quantitative estimate of drug-likeness (QED) is 0.897. The van der Waals surface area contributed by atoms with Crippen molar-refractivity contribution in [2.24, 2.45) is 0 Å². The summed E-state index contributed by atoms with van der Waals surface area (Å²) in [5.74, 6) is 0.853. The van der Waals surface area contributed by atoms with E-state index in [0.29, 0.717) is 0 Å². The number of anilines is 1. The van der Waals surface area contributed by atoms with E-state index in [9.17, 15) is 0 Å². The molecule has 1 aliphatic rings. The fraction of sp³-hybridized carbons (Fsp3) is 0.583. The van der Waals surface area contributed by atoms with Crippen LogP contribution in [0.15, 0.2) is 12.1 Å². The molecule has 2 heterocycles. The Hall–Kier alpha value is -0.840. The number of halogens is 1. The molecule has 5 heteroatoms.